The molecule has 4 rings (SSSR count). The van der Waals surface area contributed by atoms with Crippen LogP contribution in [0.1, 0.15) is 34.0 Å². The summed E-state index contributed by atoms with van der Waals surface area (Å²) in [4.78, 5) is 21.4. The Morgan fingerprint density at radius 2 is 1.74 bits per heavy atom. The van der Waals surface area contributed by atoms with Crippen molar-refractivity contribution >= 4 is 21.7 Å². The Hall–Kier alpha value is -4.25. The van der Waals surface area contributed by atoms with Gasteiger partial charge in [0.2, 0.25) is 5.88 Å². The van der Waals surface area contributed by atoms with E-state index in [0.29, 0.717) is 11.6 Å². The summed E-state index contributed by atoms with van der Waals surface area (Å²) in [6.07, 6.45) is 3.44. The zero-order valence-electron chi connectivity index (χ0n) is 19.6. The van der Waals surface area contributed by atoms with Gasteiger partial charge in [-0.2, -0.15) is 18.5 Å². The molecular weight excluding hydrogens is 468 g/mol. The van der Waals surface area contributed by atoms with Crippen LogP contribution in [0.2, 0.25) is 0 Å². The molecule has 0 aliphatic rings. The molecule has 11 heteroatoms. The molecule has 0 spiro atoms. The number of nitrogens with two attached hydrogens (primary N) is 1. The van der Waals surface area contributed by atoms with Gasteiger partial charge in [-0.15, -0.1) is 0 Å². The third kappa shape index (κ3) is 5.14. The molecule has 10 nitrogen and oxygen atoms in total. The van der Waals surface area contributed by atoms with Crippen LogP contribution in [-0.2, 0) is 10.0 Å². The van der Waals surface area contributed by atoms with Crippen LogP contribution in [0, 0.1) is 27.7 Å². The highest BCUT2D eigenvalue weighted by molar-refractivity contribution is 7.90. The fourth-order valence-electron chi connectivity index (χ4n) is 3.58. The number of sulfonamides is 1. The number of hydrogen-bond donors (Lipinski definition) is 2. The van der Waals surface area contributed by atoms with Crippen molar-refractivity contribution in [2.45, 2.75) is 32.7 Å². The molecule has 0 fully saturated rings. The lowest BCUT2D eigenvalue weighted by Crippen LogP contribution is -2.31. The number of anilines is 1. The quantitative estimate of drug-likeness (QED) is 0.414. The van der Waals surface area contributed by atoms with Crippen molar-refractivity contribution in [3.63, 3.8) is 0 Å². The third-order valence-electron chi connectivity index (χ3n) is 5.09. The summed E-state index contributed by atoms with van der Waals surface area (Å²) in [7, 11) is -4.29. The zero-order chi connectivity index (χ0) is 25.3. The summed E-state index contributed by atoms with van der Waals surface area (Å²) < 4.78 is 35.2. The second-order valence-electron chi connectivity index (χ2n) is 8.15. The molecule has 1 aromatic carbocycles. The minimum atomic E-state index is -4.29. The van der Waals surface area contributed by atoms with E-state index < -0.39 is 15.9 Å². The van der Waals surface area contributed by atoms with Crippen molar-refractivity contribution in [2.75, 3.05) is 5.73 Å². The van der Waals surface area contributed by atoms with E-state index >= 15 is 0 Å². The van der Waals surface area contributed by atoms with Crippen LogP contribution in [0.3, 0.4) is 0 Å². The Morgan fingerprint density at radius 1 is 1.03 bits per heavy atom. The maximum absolute atomic E-state index is 13.1. The van der Waals surface area contributed by atoms with Gasteiger partial charge < -0.3 is 10.5 Å². The van der Waals surface area contributed by atoms with Crippen LogP contribution in [-0.4, -0.2) is 34.1 Å². The monoisotopic (exact) mass is 494 g/mol. The number of nitrogens with zero attached hydrogens (tertiary/aromatic N) is 4. The summed E-state index contributed by atoms with van der Waals surface area (Å²) in [5.41, 5.74) is 9.17. The van der Waals surface area contributed by atoms with E-state index in [0.717, 1.165) is 22.3 Å². The molecule has 0 unspecified atom stereocenters. The van der Waals surface area contributed by atoms with E-state index in [1.807, 2.05) is 44.5 Å². The van der Waals surface area contributed by atoms with Gasteiger partial charge in [0, 0.05) is 7.62 Å². The molecule has 0 atom stereocenters. The SMILES string of the molecule is Cc1cc(C)c(Oc2nc(-n3cc(C)cn3)ccc2C(=O)NS(=O)(=O)c2cccc(N)n2)c(C)c1.[HH]. The molecule has 3 heterocycles. The molecule has 0 saturated heterocycles. The average Bonchev–Trinajstić information content (AvgIpc) is 3.22. The number of amides is 1. The van der Waals surface area contributed by atoms with E-state index in [2.05, 4.69) is 15.1 Å². The van der Waals surface area contributed by atoms with Crippen LogP contribution in [0.5, 0.6) is 11.6 Å². The molecule has 0 radical (unpaired) electrons. The molecule has 35 heavy (non-hydrogen) atoms. The molecule has 0 aliphatic carbocycles. The van der Waals surface area contributed by atoms with Crippen molar-refractivity contribution in [1.82, 2.24) is 24.5 Å². The van der Waals surface area contributed by atoms with Gasteiger partial charge in [-0.05, 0) is 68.7 Å². The molecule has 0 saturated carbocycles. The minimum absolute atomic E-state index is 0. The summed E-state index contributed by atoms with van der Waals surface area (Å²) in [5, 5.41) is 3.87. The fraction of sp³-hybridized carbons (Fsp3) is 0.167. The van der Waals surface area contributed by atoms with Crippen LogP contribution in [0.25, 0.3) is 5.82 Å². The molecule has 1 amide bonds. The van der Waals surface area contributed by atoms with E-state index in [-0.39, 0.29) is 23.7 Å². The van der Waals surface area contributed by atoms with Gasteiger partial charge in [-0.25, -0.2) is 14.4 Å². The van der Waals surface area contributed by atoms with E-state index in [4.69, 9.17) is 10.5 Å². The number of carbonyl (C=O) groups excluding carboxylic acids is 1. The zero-order valence-corrected chi connectivity index (χ0v) is 20.4. The lowest BCUT2D eigenvalue weighted by atomic mass is 10.1. The number of rotatable bonds is 6. The highest BCUT2D eigenvalue weighted by Gasteiger charge is 2.25. The Labute approximate surface area is 204 Å². The summed E-state index contributed by atoms with van der Waals surface area (Å²) in [6, 6.07) is 11.0. The Kier molecular flexibility index (Phi) is 6.27. The number of aryl methyl sites for hydroxylation is 4. The molecule has 3 aromatic heterocycles. The van der Waals surface area contributed by atoms with Crippen LogP contribution in [0.4, 0.5) is 5.82 Å². The number of carbonyl (C=O) groups is 1. The van der Waals surface area contributed by atoms with Crippen LogP contribution >= 0.6 is 0 Å². The Balaban J connectivity index is 0.00000361. The first-order valence-corrected chi connectivity index (χ1v) is 12.1. The van der Waals surface area contributed by atoms with Crippen molar-refractivity contribution in [3.05, 3.63) is 82.7 Å². The van der Waals surface area contributed by atoms with Gasteiger partial charge >= 0.3 is 0 Å². The molecule has 3 N–H and O–H groups in total. The molecule has 0 bridgehead atoms. The topological polar surface area (TPSA) is 142 Å². The Morgan fingerprint density at radius 3 is 2.37 bits per heavy atom. The highest BCUT2D eigenvalue weighted by atomic mass is 32.2. The maximum Gasteiger partial charge on any atom is 0.281 e. The lowest BCUT2D eigenvalue weighted by Gasteiger charge is -2.16. The number of benzene rings is 1. The molecular formula is C24H26N6O4S. The molecule has 0 aliphatic heterocycles. The van der Waals surface area contributed by atoms with Crippen molar-refractivity contribution in [2.24, 2.45) is 0 Å². The lowest BCUT2D eigenvalue weighted by molar-refractivity contribution is 0.0978. The van der Waals surface area contributed by atoms with Gasteiger partial charge in [0.05, 0.1) is 6.20 Å². The van der Waals surface area contributed by atoms with Crippen molar-refractivity contribution in [3.8, 4) is 17.4 Å². The van der Waals surface area contributed by atoms with E-state index in [9.17, 15) is 13.2 Å². The summed E-state index contributed by atoms with van der Waals surface area (Å²) in [5.74, 6) is -0.0739. The van der Waals surface area contributed by atoms with Gasteiger partial charge in [-0.3, -0.25) is 4.79 Å². The second-order valence-corrected chi connectivity index (χ2v) is 9.78. The third-order valence-corrected chi connectivity index (χ3v) is 6.32. The standard InChI is InChI=1S/C24H24N6O4S.H2/c1-14-10-16(3)22(17(4)11-14)34-24-18(8-9-20(28-24)30-13-15(2)12-26-30)23(31)29-35(32,33)21-7-5-6-19(25)27-21;/h5-13H,1-4H3,(H2,25,27)(H,29,31);1H. The molecule has 4 aromatic rings. The second kappa shape index (κ2) is 9.18. The van der Waals surface area contributed by atoms with Gasteiger partial charge in [0.1, 0.15) is 17.1 Å². The van der Waals surface area contributed by atoms with Crippen LogP contribution in [0.15, 0.2) is 59.9 Å². The first-order chi connectivity index (χ1) is 16.5. The summed E-state index contributed by atoms with van der Waals surface area (Å²) in [6.45, 7) is 7.62. The van der Waals surface area contributed by atoms with Crippen LogP contribution < -0.4 is 15.2 Å². The summed E-state index contributed by atoms with van der Waals surface area (Å²) >= 11 is 0. The highest BCUT2D eigenvalue weighted by Crippen LogP contribution is 2.31. The minimum Gasteiger partial charge on any atom is -0.438 e. The average molecular weight is 495 g/mol. The maximum atomic E-state index is 13.1. The smallest absolute Gasteiger partial charge is 0.281 e. The normalized spacial score (nSPS) is 11.3. The Bertz CT molecular complexity index is 1530. The van der Waals surface area contributed by atoms with Gasteiger partial charge in [0.25, 0.3) is 15.9 Å². The number of nitrogens with one attached hydrogen (secondary N) is 1. The predicted octanol–water partition coefficient (Wildman–Crippen LogP) is 3.64. The van der Waals surface area contributed by atoms with Gasteiger partial charge in [-0.1, -0.05) is 23.8 Å². The van der Waals surface area contributed by atoms with Gasteiger partial charge in [0.15, 0.2) is 10.8 Å². The first kappa shape index (κ1) is 23.9. The fourth-order valence-corrected chi connectivity index (χ4v) is 4.52. The largest absolute Gasteiger partial charge is 0.438 e. The van der Waals surface area contributed by atoms with Crippen molar-refractivity contribution < 1.29 is 19.4 Å². The number of hydrogen-bond acceptors (Lipinski definition) is 8. The molecule has 182 valence electrons. The van der Waals surface area contributed by atoms with E-state index in [1.54, 1.807) is 18.5 Å². The number of ether oxygens (including phenoxy) is 1. The number of pyridine rings is 2. The van der Waals surface area contributed by atoms with E-state index in [1.165, 1.54) is 28.9 Å². The number of aromatic nitrogens is 4. The predicted molar refractivity (Wildman–Crippen MR) is 132 cm³/mol. The van der Waals surface area contributed by atoms with Crippen molar-refractivity contribution in [1.29, 1.82) is 0 Å². The number of nitrogen functional groups attached to an aromatic ring is 1. The first-order valence-electron chi connectivity index (χ1n) is 10.6.